The number of methoxy groups -OCH3 is 3. The third-order valence-corrected chi connectivity index (χ3v) is 19.0. The van der Waals surface area contributed by atoms with Crippen molar-refractivity contribution in [2.75, 3.05) is 48.1 Å². The number of nitrogens with zero attached hydrogens (tertiary/aromatic N) is 7. The minimum Gasteiger partial charge on any atom is -0.458 e. The van der Waals surface area contributed by atoms with Crippen molar-refractivity contribution in [3.05, 3.63) is 71.4 Å². The summed E-state index contributed by atoms with van der Waals surface area (Å²) in [5.74, 6) is -3.21. The van der Waals surface area contributed by atoms with Gasteiger partial charge in [-0.1, -0.05) is 75.9 Å². The fraction of sp³-hybridized carbons (Fsp3) is 0.726. The first-order valence-corrected chi connectivity index (χ1v) is 29.4. The summed E-state index contributed by atoms with van der Waals surface area (Å²) < 4.78 is 69.1. The molecule has 2 aromatic rings. The number of hydrogen-bond acceptors (Lipinski definition) is 17. The summed E-state index contributed by atoms with van der Waals surface area (Å²) in [5.41, 5.74) is 2.81. The number of amides is 1. The first-order chi connectivity index (χ1) is 38.8. The maximum atomic E-state index is 15.2. The molecule has 1 amide bonds. The van der Waals surface area contributed by atoms with Gasteiger partial charge in [0.2, 0.25) is 0 Å². The fourth-order valence-electron chi connectivity index (χ4n) is 14.5. The SMILES string of the molecule is CC[C@H]1OC(=O)[C@H](C)[C@@H](C2C[C@@](C)(OC)[C@@H](O)[C@H](C)O2)[C@H](C)[C@@H](O[C@@H]2O[C@H](C)C[C@H](N(C)CCc3cn([C@H](CF)[C@H](OC)c4ccc(C5=CC=C=[C-]N=C5)cc4)nn3)[C@H]2O)[C@](C)(OC)C[C@@H](C)C2=NC(C)(C)CN3C(=O)O[C@@]1(C)[C@H]3[C@H]2C.[Mn]. The molecule has 1 unspecified atom stereocenters. The van der Waals surface area contributed by atoms with E-state index in [1.165, 1.54) is 4.68 Å². The van der Waals surface area contributed by atoms with Crippen molar-refractivity contribution in [1.29, 1.82) is 0 Å². The number of hydrogen-bond donors (Lipinski definition) is 2. The van der Waals surface area contributed by atoms with E-state index in [0.29, 0.717) is 44.5 Å². The molecule has 2 N–H and O–H groups in total. The van der Waals surface area contributed by atoms with E-state index in [-0.39, 0.29) is 41.4 Å². The molecule has 6 aliphatic rings. The van der Waals surface area contributed by atoms with E-state index in [2.05, 4.69) is 46.0 Å². The molecule has 0 saturated carbocycles. The quantitative estimate of drug-likeness (QED) is 0.0709. The van der Waals surface area contributed by atoms with Crippen LogP contribution in [-0.4, -0.2) is 191 Å². The second-order valence-corrected chi connectivity index (χ2v) is 25.4. The molecule has 20 atom stereocenters. The van der Waals surface area contributed by atoms with Gasteiger partial charge in [-0.15, -0.1) is 17.3 Å². The number of carbonyl (C=O) groups excluding carboxylic acids is 2. The molecule has 2 bridgehead atoms. The normalized spacial score (nSPS) is 38.2. The van der Waals surface area contributed by atoms with E-state index in [1.807, 2.05) is 99.7 Å². The number of aromatic nitrogens is 3. The molecule has 4 fully saturated rings. The zero-order valence-electron chi connectivity index (χ0n) is 51.5. The molecule has 1 aromatic heterocycles. The molecule has 0 spiro atoms. The number of alkyl halides is 1. The molecule has 4 saturated heterocycles. The maximum absolute atomic E-state index is 15.2. The summed E-state index contributed by atoms with van der Waals surface area (Å²) in [4.78, 5) is 42.7. The smallest absolute Gasteiger partial charge is 0.411 e. The van der Waals surface area contributed by atoms with E-state index < -0.39 is 126 Å². The number of fused-ring (bicyclic) bond motifs is 1. The standard InChI is InChI=1S/C62H91FN7O12.Mn/c1-17-48-62(12)53-39(6)50(65-59(8,9)34-69(53)58(74)82-62)35(2)29-61(11,77-16)55(37(4)49(38(5)56(73)80-48)47-30-60(10,76-15)54(72)40(7)79-47)81-57-51(71)45(28-36(3)78-57)68(13)27-25-44-33-70(67-66-44)46(31-63)52(75-14)42-23-21-41(22-24-42)43-20-18-19-26-64-32-43;/h18,20-24,32-33,35-40,45-49,51-55,57,71-72H,17,25,27-31,34H2,1-16H3;/q-1;/t35-,36-,37+,38-,39+,40+,45+,46-,47?,48-,49+,51-,52-,53-,54+,55-,57+,60-,61-,62-;/m1./s1. The van der Waals surface area contributed by atoms with Gasteiger partial charge < -0.3 is 58.0 Å². The molecule has 21 heteroatoms. The van der Waals surface area contributed by atoms with Crippen LogP contribution < -0.4 is 0 Å². The van der Waals surface area contributed by atoms with Gasteiger partial charge in [-0.3, -0.25) is 14.7 Å². The van der Waals surface area contributed by atoms with Gasteiger partial charge in [-0.05, 0) is 104 Å². The Bertz CT molecular complexity index is 2720. The Kier molecular flexibility index (Phi) is 21.4. The number of benzene rings is 1. The molecule has 1 radical (unpaired) electrons. The molecule has 8 rings (SSSR count). The van der Waals surface area contributed by atoms with Crippen molar-refractivity contribution in [2.45, 2.75) is 211 Å². The number of allylic oxidation sites excluding steroid dienone is 3. The van der Waals surface area contributed by atoms with Crippen LogP contribution in [0, 0.1) is 35.8 Å². The summed E-state index contributed by atoms with van der Waals surface area (Å²) in [6.07, 6.45) is 3.80. The topological polar surface area (TPSA) is 210 Å². The number of aliphatic hydroxyl groups is 2. The number of rotatable bonds is 16. The van der Waals surface area contributed by atoms with Gasteiger partial charge >= 0.3 is 12.1 Å². The average Bonchev–Trinajstić information content (AvgIpc) is 2.05. The van der Waals surface area contributed by atoms with Crippen molar-refractivity contribution < 1.29 is 79.2 Å². The van der Waals surface area contributed by atoms with Gasteiger partial charge in [0, 0.05) is 94.1 Å². The summed E-state index contributed by atoms with van der Waals surface area (Å²) in [7, 11) is 6.71. The number of likely N-dealkylation sites (N-methyl/N-ethyl adjacent to an activating group) is 1. The molecule has 1 aromatic carbocycles. The Morgan fingerprint density at radius 3 is 2.31 bits per heavy atom. The van der Waals surface area contributed by atoms with Gasteiger partial charge in [0.25, 0.3) is 0 Å². The minimum absolute atomic E-state index is 0. The van der Waals surface area contributed by atoms with E-state index in [1.54, 1.807) is 51.6 Å². The Morgan fingerprint density at radius 2 is 1.66 bits per heavy atom. The van der Waals surface area contributed by atoms with Crippen LogP contribution in [0.25, 0.3) is 5.57 Å². The third kappa shape index (κ3) is 13.5. The van der Waals surface area contributed by atoms with Crippen LogP contribution in [0.4, 0.5) is 9.18 Å². The maximum Gasteiger partial charge on any atom is 0.411 e. The van der Waals surface area contributed by atoms with Gasteiger partial charge in [-0.25, -0.2) is 19.6 Å². The first-order valence-electron chi connectivity index (χ1n) is 29.4. The number of esters is 1. The van der Waals surface area contributed by atoms with Crippen LogP contribution in [0.5, 0.6) is 0 Å². The Hall–Kier alpha value is -4.21. The van der Waals surface area contributed by atoms with Crippen LogP contribution >= 0.6 is 0 Å². The molecule has 0 aliphatic carbocycles. The number of cyclic esters (lactones) is 1. The number of ether oxygens (including phenoxy) is 8. The number of aliphatic hydroxyl groups excluding tert-OH is 2. The molecule has 83 heavy (non-hydrogen) atoms. The summed E-state index contributed by atoms with van der Waals surface area (Å²) in [6.45, 7) is 23.5. The fourth-order valence-corrected chi connectivity index (χ4v) is 14.5. The summed E-state index contributed by atoms with van der Waals surface area (Å²) in [5, 5.41) is 33.0. The Labute approximate surface area is 501 Å². The Morgan fingerprint density at radius 1 is 0.964 bits per heavy atom. The van der Waals surface area contributed by atoms with Gasteiger partial charge in [0.15, 0.2) is 11.9 Å². The summed E-state index contributed by atoms with van der Waals surface area (Å²) in [6, 6.07) is 5.93. The third-order valence-electron chi connectivity index (χ3n) is 19.0. The molecular weight excluding hydrogens is 1110 g/mol. The minimum atomic E-state index is -1.23. The zero-order chi connectivity index (χ0) is 59.8. The predicted molar refractivity (Wildman–Crippen MR) is 307 cm³/mol. The average molecular weight is 1200 g/mol. The van der Waals surface area contributed by atoms with E-state index >= 15 is 9.18 Å². The van der Waals surface area contributed by atoms with Crippen LogP contribution in [0.3, 0.4) is 0 Å². The monoisotopic (exact) mass is 1200 g/mol. The van der Waals surface area contributed by atoms with Crippen molar-refractivity contribution in [2.24, 2.45) is 39.6 Å². The van der Waals surface area contributed by atoms with E-state index in [9.17, 15) is 15.0 Å². The molecule has 6 aliphatic heterocycles. The second-order valence-electron chi connectivity index (χ2n) is 25.4. The molecular formula is C62H91FMnN7O12-. The van der Waals surface area contributed by atoms with Gasteiger partial charge in [0.1, 0.15) is 37.1 Å². The Balaban J connectivity index is 0.00000990. The van der Waals surface area contributed by atoms with Crippen molar-refractivity contribution in [3.8, 4) is 0 Å². The van der Waals surface area contributed by atoms with E-state index in [4.69, 9.17) is 42.9 Å². The van der Waals surface area contributed by atoms with Crippen LogP contribution in [0.2, 0.25) is 0 Å². The molecule has 7 heterocycles. The van der Waals surface area contributed by atoms with Crippen molar-refractivity contribution in [1.82, 2.24) is 24.8 Å². The first kappa shape index (κ1) is 66.3. The van der Waals surface area contributed by atoms with Crippen LogP contribution in [0.1, 0.15) is 138 Å². The second kappa shape index (κ2) is 26.8. The summed E-state index contributed by atoms with van der Waals surface area (Å²) >= 11 is 0. The molecule has 19 nitrogen and oxygen atoms in total. The molecule has 461 valence electrons. The largest absolute Gasteiger partial charge is 0.458 e. The number of halogens is 1. The van der Waals surface area contributed by atoms with Crippen molar-refractivity contribution in [3.63, 3.8) is 0 Å². The van der Waals surface area contributed by atoms with E-state index in [0.717, 1.165) is 22.4 Å². The van der Waals surface area contributed by atoms with Crippen LogP contribution in [-0.2, 0) is 66.2 Å². The zero-order valence-corrected chi connectivity index (χ0v) is 52.6. The number of aliphatic imine (C=N–C) groups is 2. The van der Waals surface area contributed by atoms with Crippen LogP contribution in [0.15, 0.2) is 58.3 Å². The number of carbonyl (C=O) groups is 2. The van der Waals surface area contributed by atoms with Gasteiger partial charge in [0.05, 0.1) is 58.8 Å². The van der Waals surface area contributed by atoms with Gasteiger partial charge in [-0.2, -0.15) is 0 Å². The van der Waals surface area contributed by atoms with Crippen molar-refractivity contribution >= 4 is 29.6 Å². The predicted octanol–water partition coefficient (Wildman–Crippen LogP) is 7.88.